The summed E-state index contributed by atoms with van der Waals surface area (Å²) in [5.41, 5.74) is -9.47. The Balaban J connectivity index is 1.40. The molecular formula is C35H44O16. The first-order chi connectivity index (χ1) is 23.9. The Hall–Kier alpha value is -3.12. The van der Waals surface area contributed by atoms with Crippen LogP contribution >= 0.6 is 0 Å². The van der Waals surface area contributed by atoms with Crippen LogP contribution in [0.15, 0.2) is 24.0 Å². The first kappa shape index (κ1) is 34.9. The number of fused-ring (bicyclic) bond motifs is 7. The van der Waals surface area contributed by atoms with E-state index < -0.39 is 130 Å². The summed E-state index contributed by atoms with van der Waals surface area (Å²) in [7, 11) is 2.23. The van der Waals surface area contributed by atoms with Gasteiger partial charge in [-0.25, -0.2) is 9.59 Å². The lowest BCUT2D eigenvalue weighted by molar-refractivity contribution is -0.314. The summed E-state index contributed by atoms with van der Waals surface area (Å²) in [6.45, 7) is 6.88. The molecule has 16 atom stereocenters. The van der Waals surface area contributed by atoms with Crippen LogP contribution in [0.5, 0.6) is 0 Å². The average molecular weight is 721 g/mol. The number of hydrogen-bond acceptors (Lipinski definition) is 16. The number of aliphatic hydroxyl groups excluding tert-OH is 1. The third-order valence-corrected chi connectivity index (χ3v) is 14.1. The van der Waals surface area contributed by atoms with Gasteiger partial charge in [-0.1, -0.05) is 13.0 Å². The maximum Gasteiger partial charge on any atom is 0.366 e. The summed E-state index contributed by atoms with van der Waals surface area (Å²) in [6.07, 6.45) is -3.11. The Labute approximate surface area is 293 Å². The zero-order valence-corrected chi connectivity index (χ0v) is 29.4. The molecule has 7 fully saturated rings. The summed E-state index contributed by atoms with van der Waals surface area (Å²) in [4.78, 5) is 54.4. The summed E-state index contributed by atoms with van der Waals surface area (Å²) in [5, 5.41) is 37.4. The largest absolute Gasteiger partial charge is 0.469 e. The van der Waals surface area contributed by atoms with Gasteiger partial charge in [-0.15, -0.1) is 0 Å². The van der Waals surface area contributed by atoms with Gasteiger partial charge in [-0.05, 0) is 33.3 Å². The van der Waals surface area contributed by atoms with Crippen LogP contribution in [-0.2, 0) is 61.8 Å². The van der Waals surface area contributed by atoms with Gasteiger partial charge in [0.1, 0.15) is 28.8 Å². The smallest absolute Gasteiger partial charge is 0.366 e. The number of rotatable bonds is 6. The van der Waals surface area contributed by atoms with Crippen molar-refractivity contribution in [1.29, 1.82) is 0 Å². The average Bonchev–Trinajstić information content (AvgIpc) is 3.47. The van der Waals surface area contributed by atoms with E-state index in [2.05, 4.69) is 0 Å². The van der Waals surface area contributed by atoms with Gasteiger partial charge in [0, 0.05) is 47.5 Å². The van der Waals surface area contributed by atoms with Gasteiger partial charge in [0.05, 0.1) is 52.0 Å². The first-order valence-electron chi connectivity index (χ1n) is 17.2. The minimum absolute atomic E-state index is 0.235. The van der Waals surface area contributed by atoms with Crippen LogP contribution < -0.4 is 0 Å². The van der Waals surface area contributed by atoms with Crippen molar-refractivity contribution in [3.8, 4) is 0 Å². The van der Waals surface area contributed by atoms with Crippen LogP contribution in [-0.4, -0.2) is 126 Å². The SMILES string of the molecule is CC=C(C)C(=O)O[C@H]1C[C@@H](OC(C)=O)[C@@]2(C(=O)OC)CO[C@@H]3C2[C@]12CO[C@](O)(C(=O)OC)[C@H]2[C@](C)(C12O[C@@]1(C)[C@H]1C[C@@H]2OC2OC=C[C@@]21O)[C@@H]3O. The second-order valence-electron chi connectivity index (χ2n) is 15.8. The molecule has 0 aromatic rings. The third kappa shape index (κ3) is 3.65. The van der Waals surface area contributed by atoms with Crippen LogP contribution in [0.2, 0.25) is 0 Å². The van der Waals surface area contributed by atoms with E-state index in [1.165, 1.54) is 19.3 Å². The van der Waals surface area contributed by atoms with Gasteiger partial charge in [0.25, 0.3) is 5.79 Å². The molecule has 16 nitrogen and oxygen atoms in total. The van der Waals surface area contributed by atoms with Crippen molar-refractivity contribution in [1.82, 2.24) is 0 Å². The number of ether oxygens (including phenoxy) is 9. The zero-order chi connectivity index (χ0) is 36.9. The second kappa shape index (κ2) is 10.5. The van der Waals surface area contributed by atoms with Gasteiger partial charge in [-0.3, -0.25) is 9.59 Å². The zero-order valence-electron chi connectivity index (χ0n) is 29.4. The molecule has 8 aliphatic rings. The van der Waals surface area contributed by atoms with E-state index in [1.807, 2.05) is 0 Å². The minimum Gasteiger partial charge on any atom is -0.469 e. The maximum atomic E-state index is 14.2. The maximum absolute atomic E-state index is 14.2. The predicted molar refractivity (Wildman–Crippen MR) is 164 cm³/mol. The fourth-order valence-electron chi connectivity index (χ4n) is 12.2. The molecule has 8 rings (SSSR count). The fourth-order valence-corrected chi connectivity index (χ4v) is 12.2. The highest BCUT2D eigenvalue weighted by molar-refractivity contribution is 5.88. The molecule has 51 heavy (non-hydrogen) atoms. The Morgan fingerprint density at radius 1 is 0.961 bits per heavy atom. The van der Waals surface area contributed by atoms with Crippen molar-refractivity contribution in [3.05, 3.63) is 24.0 Å². The molecule has 5 heterocycles. The molecule has 3 saturated carbocycles. The van der Waals surface area contributed by atoms with Crippen molar-refractivity contribution in [2.75, 3.05) is 27.4 Å². The van der Waals surface area contributed by atoms with Crippen molar-refractivity contribution in [2.45, 2.75) is 107 Å². The Morgan fingerprint density at radius 2 is 1.67 bits per heavy atom. The molecule has 3 N–H and O–H groups in total. The van der Waals surface area contributed by atoms with E-state index in [9.17, 15) is 34.5 Å². The molecule has 0 amide bonds. The van der Waals surface area contributed by atoms with E-state index in [1.54, 1.807) is 33.8 Å². The summed E-state index contributed by atoms with van der Waals surface area (Å²) in [5.74, 6) is -9.76. The number of carbonyl (C=O) groups excluding carboxylic acids is 4. The van der Waals surface area contributed by atoms with Gasteiger partial charge < -0.3 is 58.0 Å². The lowest BCUT2D eigenvalue weighted by Crippen LogP contribution is -2.79. The standard InChI is InChI=1S/C35H44O16/c1-8-15(2)24(38)49-18-12-19(48-16(3)36)32(26(39)43-6)13-46-21-22(32)31(18)14-47-34(42,27(40)44-7)25(31)29(4,23(21)37)35-20-11-17(30(35,5)51-35)33(41)9-10-45-28(33)50-20/h8-10,17-23,25,28,37,41-42H,11-14H2,1-7H3/t17-,18+,19-,20+,21-,22?,23-,25+,28?,29-,30+,31+,32+,33+,34+,35?/m1/s1. The minimum atomic E-state index is -2.82. The molecule has 3 aliphatic carbocycles. The topological polar surface area (TPSA) is 215 Å². The van der Waals surface area contributed by atoms with Crippen LogP contribution in [0.4, 0.5) is 0 Å². The van der Waals surface area contributed by atoms with Crippen molar-refractivity contribution < 1.29 is 77.1 Å². The Bertz CT molecular complexity index is 1660. The quantitative estimate of drug-likeness (QED) is 0.140. The van der Waals surface area contributed by atoms with E-state index in [0.29, 0.717) is 0 Å². The van der Waals surface area contributed by atoms with Crippen molar-refractivity contribution in [3.63, 3.8) is 0 Å². The van der Waals surface area contributed by atoms with Crippen molar-refractivity contribution in [2.24, 2.45) is 34.0 Å². The molecule has 2 bridgehead atoms. The number of esters is 4. The fraction of sp³-hybridized carbons (Fsp3) is 0.771. The van der Waals surface area contributed by atoms with Gasteiger partial charge in [-0.2, -0.15) is 0 Å². The van der Waals surface area contributed by atoms with E-state index in [4.69, 9.17) is 42.6 Å². The third-order valence-electron chi connectivity index (χ3n) is 14.1. The van der Waals surface area contributed by atoms with Crippen LogP contribution in [0.25, 0.3) is 0 Å². The molecule has 1 spiro atoms. The number of hydrogen-bond donors (Lipinski definition) is 3. The number of aliphatic hydroxyl groups is 3. The Morgan fingerprint density at radius 3 is 2.31 bits per heavy atom. The monoisotopic (exact) mass is 720 g/mol. The highest BCUT2D eigenvalue weighted by atomic mass is 16.7. The second-order valence-corrected chi connectivity index (χ2v) is 15.8. The number of methoxy groups -OCH3 is 2. The Kier molecular flexibility index (Phi) is 7.20. The lowest BCUT2D eigenvalue weighted by atomic mass is 9.37. The first-order valence-corrected chi connectivity index (χ1v) is 17.2. The molecule has 3 unspecified atom stereocenters. The summed E-state index contributed by atoms with van der Waals surface area (Å²) >= 11 is 0. The normalized spacial score (nSPS) is 53.9. The summed E-state index contributed by atoms with van der Waals surface area (Å²) in [6, 6.07) is 0. The molecule has 5 aliphatic heterocycles. The molecule has 0 radical (unpaired) electrons. The lowest BCUT2D eigenvalue weighted by Gasteiger charge is -2.65. The van der Waals surface area contributed by atoms with Crippen LogP contribution in [0.3, 0.4) is 0 Å². The van der Waals surface area contributed by atoms with Gasteiger partial charge >= 0.3 is 23.9 Å². The summed E-state index contributed by atoms with van der Waals surface area (Å²) < 4.78 is 54.0. The number of allylic oxidation sites excluding steroid dienone is 1. The molecule has 280 valence electrons. The molecule has 0 aromatic heterocycles. The van der Waals surface area contributed by atoms with Crippen LogP contribution in [0.1, 0.15) is 47.5 Å². The van der Waals surface area contributed by atoms with E-state index >= 15 is 0 Å². The molecule has 4 saturated heterocycles. The van der Waals surface area contributed by atoms with Gasteiger partial charge in [0.15, 0.2) is 5.60 Å². The van der Waals surface area contributed by atoms with E-state index in [-0.39, 0.29) is 18.4 Å². The molecular weight excluding hydrogens is 676 g/mol. The highest BCUT2D eigenvalue weighted by Gasteiger charge is 2.97. The van der Waals surface area contributed by atoms with Crippen molar-refractivity contribution >= 4 is 23.9 Å². The highest BCUT2D eigenvalue weighted by Crippen LogP contribution is 2.83. The van der Waals surface area contributed by atoms with E-state index in [0.717, 1.165) is 14.2 Å². The van der Waals surface area contributed by atoms with Gasteiger partial charge in [0.2, 0.25) is 6.29 Å². The number of epoxide rings is 1. The predicted octanol–water partition coefficient (Wildman–Crippen LogP) is -0.203. The molecule has 0 aromatic carbocycles. The molecule has 16 heteroatoms. The number of carbonyl (C=O) groups is 4. The van der Waals surface area contributed by atoms with Crippen LogP contribution in [0, 0.1) is 34.0 Å².